The van der Waals surface area contributed by atoms with E-state index in [0.717, 1.165) is 31.2 Å². The Morgan fingerprint density at radius 1 is 1.33 bits per heavy atom. The molecule has 0 aliphatic rings. The van der Waals surface area contributed by atoms with Crippen molar-refractivity contribution in [2.75, 3.05) is 32.2 Å². The first-order valence-corrected chi connectivity index (χ1v) is 8.72. The van der Waals surface area contributed by atoms with Crippen LogP contribution in [0.3, 0.4) is 0 Å². The molecular weight excluding hydrogens is 282 g/mol. The maximum atomic E-state index is 5.07. The number of methoxy groups -OCH3 is 1. The van der Waals surface area contributed by atoms with Gasteiger partial charge >= 0.3 is 0 Å². The van der Waals surface area contributed by atoms with Crippen LogP contribution in [0.15, 0.2) is 0 Å². The number of hydrogen-bond acceptors (Lipinski definition) is 5. The number of hydrogen-bond donors (Lipinski definition) is 1. The molecule has 0 bridgehead atoms. The van der Waals surface area contributed by atoms with E-state index in [1.54, 1.807) is 7.11 Å². The van der Waals surface area contributed by atoms with Gasteiger partial charge in [0.15, 0.2) is 5.13 Å². The Balaban J connectivity index is 2.68. The Hall–Kier alpha value is -0.650. The van der Waals surface area contributed by atoms with Crippen LogP contribution in [-0.2, 0) is 17.7 Å². The van der Waals surface area contributed by atoms with Crippen LogP contribution in [-0.4, -0.2) is 38.3 Å². The molecule has 0 aliphatic carbocycles. The summed E-state index contributed by atoms with van der Waals surface area (Å²) in [6.07, 6.45) is 2.18. The largest absolute Gasteiger partial charge is 0.383 e. The van der Waals surface area contributed by atoms with Crippen LogP contribution in [0.25, 0.3) is 0 Å². The van der Waals surface area contributed by atoms with Crippen molar-refractivity contribution in [3.05, 3.63) is 10.6 Å². The zero-order chi connectivity index (χ0) is 15.8. The fraction of sp³-hybridized carbons (Fsp3) is 0.812. The van der Waals surface area contributed by atoms with Gasteiger partial charge in [-0.1, -0.05) is 20.8 Å². The van der Waals surface area contributed by atoms with Crippen molar-refractivity contribution in [2.24, 2.45) is 5.92 Å². The third-order valence-corrected chi connectivity index (χ3v) is 4.83. The molecule has 122 valence electrons. The normalized spacial score (nSPS) is 12.9. The Morgan fingerprint density at radius 3 is 2.62 bits per heavy atom. The lowest BCUT2D eigenvalue weighted by Gasteiger charge is -2.25. The Kier molecular flexibility index (Phi) is 8.22. The Labute approximate surface area is 133 Å². The van der Waals surface area contributed by atoms with Crippen LogP contribution >= 0.6 is 11.3 Å². The monoisotopic (exact) mass is 313 g/mol. The summed E-state index contributed by atoms with van der Waals surface area (Å²) in [4.78, 5) is 8.50. The molecule has 21 heavy (non-hydrogen) atoms. The van der Waals surface area contributed by atoms with E-state index in [2.05, 4.69) is 45.0 Å². The second-order valence-corrected chi connectivity index (χ2v) is 7.04. The minimum Gasteiger partial charge on any atom is -0.383 e. The molecule has 0 spiro atoms. The number of rotatable bonds is 10. The highest BCUT2D eigenvalue weighted by atomic mass is 32.1. The average Bonchev–Trinajstić information content (AvgIpc) is 2.85. The van der Waals surface area contributed by atoms with Crippen LogP contribution in [0.1, 0.15) is 44.7 Å². The number of nitrogens with one attached hydrogen (secondary N) is 1. The minimum absolute atomic E-state index is 0.523. The lowest BCUT2D eigenvalue weighted by atomic mass is 10.0. The van der Waals surface area contributed by atoms with Gasteiger partial charge in [0.05, 0.1) is 12.3 Å². The van der Waals surface area contributed by atoms with Gasteiger partial charge in [0.25, 0.3) is 0 Å². The summed E-state index contributed by atoms with van der Waals surface area (Å²) >= 11 is 1.82. The quantitative estimate of drug-likeness (QED) is 0.673. The van der Waals surface area contributed by atoms with E-state index in [9.17, 15) is 0 Å². The number of anilines is 1. The first-order valence-electron chi connectivity index (χ1n) is 7.90. The second-order valence-electron chi connectivity index (χ2n) is 5.98. The van der Waals surface area contributed by atoms with E-state index >= 15 is 0 Å². The summed E-state index contributed by atoms with van der Waals surface area (Å²) in [6.45, 7) is 11.5. The summed E-state index contributed by atoms with van der Waals surface area (Å²) in [7, 11) is 3.89. The third kappa shape index (κ3) is 5.93. The van der Waals surface area contributed by atoms with E-state index in [4.69, 9.17) is 9.72 Å². The molecule has 1 atom stereocenters. The van der Waals surface area contributed by atoms with Crippen LogP contribution in [0.5, 0.6) is 0 Å². The second kappa shape index (κ2) is 9.38. The van der Waals surface area contributed by atoms with Crippen LogP contribution < -0.4 is 10.2 Å². The topological polar surface area (TPSA) is 37.4 Å². The van der Waals surface area contributed by atoms with Crippen molar-refractivity contribution < 1.29 is 4.74 Å². The van der Waals surface area contributed by atoms with Gasteiger partial charge in [-0.05, 0) is 25.7 Å². The summed E-state index contributed by atoms with van der Waals surface area (Å²) in [5.74, 6) is 0.711. The van der Waals surface area contributed by atoms with Crippen molar-refractivity contribution in [3.8, 4) is 0 Å². The summed E-state index contributed by atoms with van der Waals surface area (Å²) in [6, 6.07) is 0.523. The molecule has 0 radical (unpaired) electrons. The number of thiazole rings is 1. The molecule has 0 saturated heterocycles. The molecular formula is C16H31N3OS. The maximum Gasteiger partial charge on any atom is 0.185 e. The van der Waals surface area contributed by atoms with E-state index in [1.807, 2.05) is 11.3 Å². The predicted octanol–water partition coefficient (Wildman–Crippen LogP) is 3.31. The first kappa shape index (κ1) is 18.4. The lowest BCUT2D eigenvalue weighted by molar-refractivity contribution is 0.199. The average molecular weight is 314 g/mol. The van der Waals surface area contributed by atoms with Crippen molar-refractivity contribution in [2.45, 2.75) is 53.1 Å². The highest BCUT2D eigenvalue weighted by Gasteiger charge is 2.17. The highest BCUT2D eigenvalue weighted by Crippen LogP contribution is 2.28. The molecule has 1 heterocycles. The zero-order valence-electron chi connectivity index (χ0n) is 14.4. The maximum absolute atomic E-state index is 5.07. The molecule has 0 amide bonds. The van der Waals surface area contributed by atoms with Crippen molar-refractivity contribution in [3.63, 3.8) is 0 Å². The molecule has 1 aromatic heterocycles. The fourth-order valence-electron chi connectivity index (χ4n) is 2.34. The van der Waals surface area contributed by atoms with E-state index < -0.39 is 0 Å². The predicted molar refractivity (Wildman–Crippen MR) is 92.4 cm³/mol. The first-order chi connectivity index (χ1) is 9.99. The summed E-state index contributed by atoms with van der Waals surface area (Å²) < 4.78 is 5.07. The standard InChI is InChI=1S/C16H31N3OS/c1-7-14-15(11-17-8-9-20-6)21-16(18-14)19(5)13(4)10-12(2)3/h12-13,17H,7-11H2,1-6H3. The fourth-order valence-corrected chi connectivity index (χ4v) is 3.52. The third-order valence-electron chi connectivity index (χ3n) is 3.65. The molecule has 5 heteroatoms. The molecule has 1 N–H and O–H groups in total. The van der Waals surface area contributed by atoms with Crippen LogP contribution in [0.4, 0.5) is 5.13 Å². The number of nitrogens with zero attached hydrogens (tertiary/aromatic N) is 2. The minimum atomic E-state index is 0.523. The van der Waals surface area contributed by atoms with Crippen molar-refractivity contribution in [1.29, 1.82) is 0 Å². The van der Waals surface area contributed by atoms with Gasteiger partial charge in [-0.15, -0.1) is 11.3 Å². The van der Waals surface area contributed by atoms with Crippen LogP contribution in [0, 0.1) is 5.92 Å². The van der Waals surface area contributed by atoms with Gasteiger partial charge in [0.2, 0.25) is 0 Å². The summed E-state index contributed by atoms with van der Waals surface area (Å²) in [5, 5.41) is 4.56. The van der Waals surface area contributed by atoms with E-state index in [0.29, 0.717) is 12.0 Å². The molecule has 1 aromatic rings. The zero-order valence-corrected chi connectivity index (χ0v) is 15.2. The van der Waals surface area contributed by atoms with Gasteiger partial charge in [0, 0.05) is 38.2 Å². The smallest absolute Gasteiger partial charge is 0.185 e. The van der Waals surface area contributed by atoms with Crippen molar-refractivity contribution >= 4 is 16.5 Å². The number of ether oxygens (including phenoxy) is 1. The van der Waals surface area contributed by atoms with Gasteiger partial charge in [0.1, 0.15) is 0 Å². The Bertz CT molecular complexity index is 406. The van der Waals surface area contributed by atoms with E-state index in [-0.39, 0.29) is 0 Å². The molecule has 0 fully saturated rings. The lowest BCUT2D eigenvalue weighted by Crippen LogP contribution is -2.29. The van der Waals surface area contributed by atoms with Crippen molar-refractivity contribution in [1.82, 2.24) is 10.3 Å². The van der Waals surface area contributed by atoms with Gasteiger partial charge < -0.3 is 15.0 Å². The molecule has 0 saturated carbocycles. The molecule has 0 aromatic carbocycles. The van der Waals surface area contributed by atoms with E-state index in [1.165, 1.54) is 17.0 Å². The molecule has 4 nitrogen and oxygen atoms in total. The number of aromatic nitrogens is 1. The molecule has 1 rings (SSSR count). The van der Waals surface area contributed by atoms with Gasteiger partial charge in [-0.25, -0.2) is 4.98 Å². The molecule has 0 aliphatic heterocycles. The summed E-state index contributed by atoms with van der Waals surface area (Å²) in [5.41, 5.74) is 1.23. The molecule has 1 unspecified atom stereocenters. The van der Waals surface area contributed by atoms with Gasteiger partial charge in [-0.2, -0.15) is 0 Å². The number of aryl methyl sites for hydroxylation is 1. The Morgan fingerprint density at radius 2 is 2.05 bits per heavy atom. The van der Waals surface area contributed by atoms with Crippen LogP contribution in [0.2, 0.25) is 0 Å². The highest BCUT2D eigenvalue weighted by molar-refractivity contribution is 7.15. The SMILES string of the molecule is CCc1nc(N(C)C(C)CC(C)C)sc1CNCCOC. The van der Waals surface area contributed by atoms with Gasteiger partial charge in [-0.3, -0.25) is 0 Å².